The number of carboxylic acids is 1. The van der Waals surface area contributed by atoms with Gasteiger partial charge < -0.3 is 10.1 Å². The summed E-state index contributed by atoms with van der Waals surface area (Å²) < 4.78 is 0.785. The van der Waals surface area contributed by atoms with E-state index in [-0.39, 0.29) is 58.5 Å². The van der Waals surface area contributed by atoms with Gasteiger partial charge in [-0.3, -0.25) is 19.3 Å². The summed E-state index contributed by atoms with van der Waals surface area (Å²) in [6, 6.07) is 9.01. The maximum atomic E-state index is 13.7. The molecule has 3 fully saturated rings. The van der Waals surface area contributed by atoms with Gasteiger partial charge in [-0.1, -0.05) is 51.5 Å². The number of nitrogens with zero attached hydrogens (tertiary/aromatic N) is 1. The van der Waals surface area contributed by atoms with Crippen LogP contribution in [0.1, 0.15) is 74.8 Å². The molecule has 2 N–H and O–H groups in total. The molecule has 38 heavy (non-hydrogen) atoms. The van der Waals surface area contributed by atoms with Gasteiger partial charge in [0.1, 0.15) is 0 Å². The second-order valence-corrected chi connectivity index (χ2v) is 15.3. The predicted molar refractivity (Wildman–Crippen MR) is 151 cm³/mol. The highest BCUT2D eigenvalue weighted by atomic mass is 32.2. The number of rotatable bonds is 7. The number of likely N-dealkylation sites (tertiary alicyclic amines) is 1. The molecule has 0 radical (unpaired) electrons. The van der Waals surface area contributed by atoms with Crippen molar-refractivity contribution in [2.24, 2.45) is 29.6 Å². The molecule has 0 spiro atoms. The minimum absolute atomic E-state index is 0.0000758. The van der Waals surface area contributed by atoms with E-state index in [1.165, 1.54) is 20.9 Å². The van der Waals surface area contributed by atoms with Crippen LogP contribution in [0.15, 0.2) is 29.3 Å². The Morgan fingerprint density at radius 3 is 2.42 bits per heavy atom. The maximum absolute atomic E-state index is 13.7. The zero-order valence-corrected chi connectivity index (χ0v) is 24.4. The molecule has 2 bridgehead atoms. The smallest absolute Gasteiger partial charge is 0.303 e. The molecule has 202 valence electrons. The number of thiazole rings is 1. The molecule has 7 unspecified atom stereocenters. The van der Waals surface area contributed by atoms with Crippen molar-refractivity contribution in [2.75, 3.05) is 6.54 Å². The Morgan fingerprint density at radius 1 is 1.08 bits per heavy atom. The third kappa shape index (κ3) is 4.20. The van der Waals surface area contributed by atoms with E-state index in [0.717, 1.165) is 15.4 Å². The molecule has 4 aliphatic rings. The summed E-state index contributed by atoms with van der Waals surface area (Å²) in [6.07, 6.45) is 3.01. The molecule has 3 heterocycles. The van der Waals surface area contributed by atoms with E-state index in [4.69, 9.17) is 17.3 Å². The van der Waals surface area contributed by atoms with Crippen molar-refractivity contribution in [3.05, 3.63) is 44.2 Å². The number of carboxylic acid groups (broad SMARTS) is 1. The van der Waals surface area contributed by atoms with Crippen molar-refractivity contribution in [1.29, 1.82) is 0 Å². The Balaban J connectivity index is 1.29. The number of carbonyl (C=O) groups is 3. The minimum atomic E-state index is -0.805. The summed E-state index contributed by atoms with van der Waals surface area (Å²) >= 11 is 9.08. The molecule has 9 heteroatoms. The van der Waals surface area contributed by atoms with Crippen LogP contribution >= 0.6 is 35.3 Å². The summed E-state index contributed by atoms with van der Waals surface area (Å²) in [6.45, 7) is 7.08. The summed E-state index contributed by atoms with van der Waals surface area (Å²) in [5, 5.41) is 10.3. The number of H-pyrrole nitrogens is 1. The molecule has 2 aromatic rings. The number of aliphatic carboxylic acids is 1. The van der Waals surface area contributed by atoms with Gasteiger partial charge in [0.15, 0.2) is 3.95 Å². The predicted octanol–water partition coefficient (Wildman–Crippen LogP) is 6.22. The Hall–Kier alpha value is -1.97. The summed E-state index contributed by atoms with van der Waals surface area (Å²) in [5.74, 6) is -0.387. The molecular formula is C29H34N2O4S3. The lowest BCUT2D eigenvalue weighted by Gasteiger charge is -2.43. The van der Waals surface area contributed by atoms with E-state index in [2.05, 4.69) is 50.0 Å². The average Bonchev–Trinajstić information content (AvgIpc) is 3.58. The van der Waals surface area contributed by atoms with Gasteiger partial charge in [-0.05, 0) is 65.8 Å². The molecule has 6 nitrogen and oxygen atoms in total. The zero-order chi connectivity index (χ0) is 26.9. The van der Waals surface area contributed by atoms with Crippen LogP contribution in [0.4, 0.5) is 0 Å². The molecule has 6 rings (SSSR count). The lowest BCUT2D eigenvalue weighted by molar-refractivity contribution is -0.141. The summed E-state index contributed by atoms with van der Waals surface area (Å²) in [4.78, 5) is 44.2. The first-order valence-electron chi connectivity index (χ1n) is 13.6. The van der Waals surface area contributed by atoms with E-state index in [1.807, 2.05) is 11.8 Å². The van der Waals surface area contributed by atoms with Crippen LogP contribution in [0.25, 0.3) is 0 Å². The quantitative estimate of drug-likeness (QED) is 0.233. The molecule has 1 aromatic carbocycles. The maximum Gasteiger partial charge on any atom is 0.303 e. The fourth-order valence-electron chi connectivity index (χ4n) is 7.59. The molecule has 2 aliphatic heterocycles. The van der Waals surface area contributed by atoms with Crippen LogP contribution < -0.4 is 0 Å². The number of benzene rings is 1. The number of aromatic amines is 1. The van der Waals surface area contributed by atoms with Crippen LogP contribution in [0.5, 0.6) is 0 Å². The first-order chi connectivity index (χ1) is 18.1. The number of amides is 2. The number of thioether (sulfide) groups is 1. The molecule has 1 aromatic heterocycles. The highest BCUT2D eigenvalue weighted by Gasteiger charge is 2.69. The number of hydrogen-bond acceptors (Lipinski definition) is 6. The largest absolute Gasteiger partial charge is 0.481 e. The summed E-state index contributed by atoms with van der Waals surface area (Å²) in [7, 11) is 0. The SMILES string of the molecule is CC(C)(C)c1ccc(C2c3sc(=S)[nH]c3SC3C4CC(C5C(=O)N(CCCCCC(=O)O)C(=O)C45)C23)cc1. The van der Waals surface area contributed by atoms with Crippen LogP contribution in [0.3, 0.4) is 0 Å². The fraction of sp³-hybridized carbons (Fsp3) is 0.586. The van der Waals surface area contributed by atoms with Crippen molar-refractivity contribution < 1.29 is 19.5 Å². The number of imide groups is 1. The molecule has 2 amide bonds. The molecular weight excluding hydrogens is 537 g/mol. The lowest BCUT2D eigenvalue weighted by atomic mass is 9.68. The van der Waals surface area contributed by atoms with E-state index in [0.29, 0.717) is 31.7 Å². The second-order valence-electron chi connectivity index (χ2n) is 12.4. The Labute approximate surface area is 236 Å². The monoisotopic (exact) mass is 570 g/mol. The molecule has 2 saturated carbocycles. The van der Waals surface area contributed by atoms with Crippen molar-refractivity contribution in [2.45, 2.75) is 74.5 Å². The Morgan fingerprint density at radius 2 is 1.76 bits per heavy atom. The van der Waals surface area contributed by atoms with Crippen molar-refractivity contribution in [1.82, 2.24) is 9.88 Å². The number of hydrogen-bond donors (Lipinski definition) is 2. The number of fused-ring (bicyclic) bond motifs is 9. The Bertz CT molecular complexity index is 1340. The van der Waals surface area contributed by atoms with Crippen molar-refractivity contribution >= 4 is 53.1 Å². The van der Waals surface area contributed by atoms with Gasteiger partial charge in [-0.15, -0.1) is 23.1 Å². The van der Waals surface area contributed by atoms with E-state index < -0.39 is 5.97 Å². The van der Waals surface area contributed by atoms with Gasteiger partial charge >= 0.3 is 5.97 Å². The van der Waals surface area contributed by atoms with Crippen molar-refractivity contribution in [3.8, 4) is 0 Å². The Kier molecular flexibility index (Phi) is 6.63. The average molecular weight is 571 g/mol. The van der Waals surface area contributed by atoms with Gasteiger partial charge in [0, 0.05) is 29.0 Å². The highest BCUT2D eigenvalue weighted by Crippen LogP contribution is 2.68. The zero-order valence-electron chi connectivity index (χ0n) is 21.9. The number of aromatic nitrogens is 1. The van der Waals surface area contributed by atoms with Gasteiger partial charge in [0.25, 0.3) is 0 Å². The van der Waals surface area contributed by atoms with Crippen molar-refractivity contribution in [3.63, 3.8) is 0 Å². The minimum Gasteiger partial charge on any atom is -0.481 e. The first-order valence-corrected chi connectivity index (χ1v) is 15.7. The number of nitrogens with one attached hydrogen (secondary N) is 1. The number of unbranched alkanes of at least 4 members (excludes halogenated alkanes) is 2. The van der Waals surface area contributed by atoms with E-state index in [9.17, 15) is 14.4 Å². The van der Waals surface area contributed by atoms with Crippen LogP contribution in [-0.2, 0) is 19.8 Å². The van der Waals surface area contributed by atoms with Gasteiger partial charge in [-0.2, -0.15) is 0 Å². The lowest BCUT2D eigenvalue weighted by Crippen LogP contribution is -2.42. The molecule has 7 atom stereocenters. The topological polar surface area (TPSA) is 90.5 Å². The van der Waals surface area contributed by atoms with Crippen LogP contribution in [0, 0.1) is 33.5 Å². The van der Waals surface area contributed by atoms with Crippen LogP contribution in [0.2, 0.25) is 0 Å². The third-order valence-corrected chi connectivity index (χ3v) is 12.2. The normalized spacial score (nSPS) is 31.4. The molecule has 2 aliphatic carbocycles. The second kappa shape index (κ2) is 9.59. The first kappa shape index (κ1) is 26.3. The van der Waals surface area contributed by atoms with E-state index in [1.54, 1.807) is 11.3 Å². The standard InChI is InChI=1S/C29H34N2O4S3/c1-29(2,3)15-10-8-14(9-11-15)19-20-16-13-17(23(20)37-25-24(19)38-28(36)30-25)22-21(16)26(34)31(27(22)35)12-6-4-5-7-18(32)33/h8-11,16-17,19-23H,4-7,12-13H2,1-3H3,(H,30,36)(H,32,33). The van der Waals surface area contributed by atoms with Gasteiger partial charge in [0.2, 0.25) is 11.8 Å². The van der Waals surface area contributed by atoms with Crippen LogP contribution in [-0.4, -0.2) is 44.6 Å². The van der Waals surface area contributed by atoms with Gasteiger partial charge in [0.05, 0.1) is 16.9 Å². The van der Waals surface area contributed by atoms with E-state index >= 15 is 0 Å². The molecule has 1 saturated heterocycles. The highest BCUT2D eigenvalue weighted by molar-refractivity contribution is 8.00. The summed E-state index contributed by atoms with van der Waals surface area (Å²) in [5.41, 5.74) is 2.65. The van der Waals surface area contributed by atoms with Gasteiger partial charge in [-0.25, -0.2) is 0 Å². The fourth-order valence-corrected chi connectivity index (χ4v) is 10.9. The number of carbonyl (C=O) groups excluding carboxylic acids is 2. The third-order valence-electron chi connectivity index (χ3n) is 9.22.